The number of nitrogens with one attached hydrogen (secondary N) is 1. The summed E-state index contributed by atoms with van der Waals surface area (Å²) in [6.07, 6.45) is 3.79. The Balaban J connectivity index is 0.000000222. The van der Waals surface area contributed by atoms with E-state index in [1.165, 1.54) is 16.6 Å². The summed E-state index contributed by atoms with van der Waals surface area (Å²) in [5, 5.41) is 9.88. The van der Waals surface area contributed by atoms with Crippen molar-refractivity contribution in [1.82, 2.24) is 14.8 Å². The van der Waals surface area contributed by atoms with Gasteiger partial charge in [0.2, 0.25) is 6.41 Å². The fourth-order valence-corrected chi connectivity index (χ4v) is 3.54. The summed E-state index contributed by atoms with van der Waals surface area (Å²) < 4.78 is 11.9. The number of carbonyl (C=O) groups is 2. The zero-order valence-corrected chi connectivity index (χ0v) is 22.2. The van der Waals surface area contributed by atoms with E-state index in [2.05, 4.69) is 36.5 Å². The number of hydrogen-bond acceptors (Lipinski definition) is 6. The first-order chi connectivity index (χ1) is 17.6. The molecule has 0 aliphatic carbocycles. The smallest absolute Gasteiger partial charge is 0.419 e. The highest BCUT2D eigenvalue weighted by Gasteiger charge is 2.22. The molecule has 2 aromatic carbocycles. The fraction of sp³-hybridized carbons (Fsp3) is 0.429. The highest BCUT2D eigenvalue weighted by molar-refractivity contribution is 5.80. The molecule has 198 valence electrons. The first-order valence-corrected chi connectivity index (χ1v) is 12.2. The van der Waals surface area contributed by atoms with Gasteiger partial charge in [-0.05, 0) is 70.2 Å². The van der Waals surface area contributed by atoms with Gasteiger partial charge in [0, 0.05) is 20.1 Å². The molecule has 1 aliphatic heterocycles. The lowest BCUT2D eigenvalue weighted by Gasteiger charge is -2.29. The van der Waals surface area contributed by atoms with Gasteiger partial charge < -0.3 is 19.4 Å². The van der Waals surface area contributed by atoms with E-state index in [1.807, 2.05) is 39.0 Å². The van der Waals surface area contributed by atoms with Crippen molar-refractivity contribution in [3.8, 4) is 17.2 Å². The summed E-state index contributed by atoms with van der Waals surface area (Å²) in [5.74, 6) is -0.328. The standard InChI is InChI=1S/C15H13NO2.C10H19NO2.C3H4N2O/c1-10-3-5-11(6-4-10)12-7-8-14-13(9-12)16(2)15(17)18-14;1-10(2,3)13-9(12)11-7-5-4-6-8-11;4-1-2-5-3-6/h3-9H,1-2H3;4-8H2,1-3H3;3H,2H2,(H,5,6). The Hall–Kier alpha value is -4.06. The van der Waals surface area contributed by atoms with Crippen LogP contribution in [0, 0.1) is 18.3 Å². The molecule has 0 unspecified atom stereocenters. The Morgan fingerprint density at radius 3 is 2.27 bits per heavy atom. The SMILES string of the molecule is CC(C)(C)OC(=O)N1CCCCC1.Cc1ccc(-c2ccc3oc(=O)n(C)c3c2)cc1.N#CCNC=O. The maximum Gasteiger partial charge on any atom is 0.419 e. The number of nitrogens with zero attached hydrogens (tertiary/aromatic N) is 3. The number of ether oxygens (including phenoxy) is 1. The number of benzene rings is 2. The maximum absolute atomic E-state index is 11.5. The largest absolute Gasteiger partial charge is 0.444 e. The second-order valence-corrected chi connectivity index (χ2v) is 9.66. The minimum absolute atomic E-state index is 0.101. The number of nitriles is 1. The number of rotatable bonds is 3. The van der Waals surface area contributed by atoms with Crippen molar-refractivity contribution in [2.24, 2.45) is 7.05 Å². The quantitative estimate of drug-likeness (QED) is 0.309. The van der Waals surface area contributed by atoms with E-state index in [4.69, 9.17) is 14.4 Å². The lowest BCUT2D eigenvalue weighted by Crippen LogP contribution is -2.39. The maximum atomic E-state index is 11.5. The van der Waals surface area contributed by atoms with Crippen LogP contribution in [0.25, 0.3) is 22.2 Å². The molecule has 37 heavy (non-hydrogen) atoms. The number of aromatic nitrogens is 1. The third-order valence-electron chi connectivity index (χ3n) is 5.45. The molecular weight excluding hydrogens is 472 g/mol. The molecule has 1 aromatic heterocycles. The Morgan fingerprint density at radius 2 is 1.73 bits per heavy atom. The molecule has 2 amide bonds. The van der Waals surface area contributed by atoms with E-state index in [0.717, 1.165) is 42.6 Å². The lowest BCUT2D eigenvalue weighted by atomic mass is 10.0. The van der Waals surface area contributed by atoms with Crippen LogP contribution in [-0.2, 0) is 16.6 Å². The van der Waals surface area contributed by atoms with Crippen LogP contribution in [0.3, 0.4) is 0 Å². The van der Waals surface area contributed by atoms with Crippen LogP contribution < -0.4 is 11.1 Å². The zero-order chi connectivity index (χ0) is 27.4. The lowest BCUT2D eigenvalue weighted by molar-refractivity contribution is -0.109. The molecule has 0 saturated carbocycles. The first-order valence-electron chi connectivity index (χ1n) is 12.2. The van der Waals surface area contributed by atoms with Gasteiger partial charge in [-0.1, -0.05) is 35.9 Å². The zero-order valence-electron chi connectivity index (χ0n) is 22.2. The van der Waals surface area contributed by atoms with Gasteiger partial charge in [0.05, 0.1) is 11.6 Å². The van der Waals surface area contributed by atoms with Gasteiger partial charge in [-0.3, -0.25) is 9.36 Å². The third kappa shape index (κ3) is 9.49. The van der Waals surface area contributed by atoms with Gasteiger partial charge in [-0.15, -0.1) is 0 Å². The number of fused-ring (bicyclic) bond motifs is 1. The van der Waals surface area contributed by atoms with Crippen LogP contribution in [0.5, 0.6) is 0 Å². The second kappa shape index (κ2) is 13.9. The molecule has 1 saturated heterocycles. The summed E-state index contributed by atoms with van der Waals surface area (Å²) in [6.45, 7) is 9.57. The van der Waals surface area contributed by atoms with Crippen molar-refractivity contribution >= 4 is 23.6 Å². The topological polar surface area (TPSA) is 118 Å². The predicted octanol–water partition coefficient (Wildman–Crippen LogP) is 4.77. The minimum atomic E-state index is -0.367. The molecular formula is C28H36N4O5. The highest BCUT2D eigenvalue weighted by atomic mass is 16.6. The number of hydrogen-bond donors (Lipinski definition) is 1. The number of amides is 2. The Bertz CT molecular complexity index is 1260. The van der Waals surface area contributed by atoms with Gasteiger partial charge in [0.1, 0.15) is 12.1 Å². The molecule has 0 radical (unpaired) electrons. The predicted molar refractivity (Wildman–Crippen MR) is 143 cm³/mol. The molecule has 0 atom stereocenters. The van der Waals surface area contributed by atoms with E-state index in [0.29, 0.717) is 12.0 Å². The molecule has 2 heterocycles. The molecule has 0 bridgehead atoms. The summed E-state index contributed by atoms with van der Waals surface area (Å²) >= 11 is 0. The molecule has 1 N–H and O–H groups in total. The Kier molecular flexibility index (Phi) is 10.9. The number of likely N-dealkylation sites (tertiary alicyclic amines) is 1. The fourth-order valence-electron chi connectivity index (χ4n) is 3.54. The average Bonchev–Trinajstić information content (AvgIpc) is 3.16. The number of aryl methyl sites for hydroxylation is 2. The van der Waals surface area contributed by atoms with Crippen molar-refractivity contribution in [1.29, 1.82) is 5.26 Å². The minimum Gasteiger partial charge on any atom is -0.444 e. The van der Waals surface area contributed by atoms with Crippen molar-refractivity contribution in [2.45, 2.75) is 52.6 Å². The Morgan fingerprint density at radius 1 is 1.11 bits per heavy atom. The van der Waals surface area contributed by atoms with Gasteiger partial charge in [-0.25, -0.2) is 9.59 Å². The van der Waals surface area contributed by atoms with E-state index in [1.54, 1.807) is 18.0 Å². The van der Waals surface area contributed by atoms with E-state index < -0.39 is 0 Å². The molecule has 3 aromatic rings. The monoisotopic (exact) mass is 508 g/mol. The van der Waals surface area contributed by atoms with E-state index in [9.17, 15) is 14.4 Å². The third-order valence-corrected chi connectivity index (χ3v) is 5.45. The average molecular weight is 509 g/mol. The summed E-state index contributed by atoms with van der Waals surface area (Å²) in [4.78, 5) is 34.0. The van der Waals surface area contributed by atoms with Crippen molar-refractivity contribution < 1.29 is 18.7 Å². The summed E-state index contributed by atoms with van der Waals surface area (Å²) in [6, 6.07) is 15.8. The molecule has 0 spiro atoms. The molecule has 9 heteroatoms. The second-order valence-electron chi connectivity index (χ2n) is 9.66. The van der Waals surface area contributed by atoms with E-state index in [-0.39, 0.29) is 24.0 Å². The van der Waals surface area contributed by atoms with Crippen molar-refractivity contribution in [3.05, 3.63) is 58.6 Å². The van der Waals surface area contributed by atoms with Crippen LogP contribution in [0.4, 0.5) is 4.79 Å². The summed E-state index contributed by atoms with van der Waals surface area (Å²) in [7, 11) is 1.72. The normalized spacial score (nSPS) is 12.8. The molecule has 1 aliphatic rings. The van der Waals surface area contributed by atoms with Gasteiger partial charge in [-0.2, -0.15) is 5.26 Å². The molecule has 9 nitrogen and oxygen atoms in total. The van der Waals surface area contributed by atoms with Gasteiger partial charge in [0.25, 0.3) is 0 Å². The van der Waals surface area contributed by atoms with Crippen LogP contribution in [0.15, 0.2) is 51.7 Å². The van der Waals surface area contributed by atoms with Crippen LogP contribution in [0.1, 0.15) is 45.6 Å². The molecule has 4 rings (SSSR count). The van der Waals surface area contributed by atoms with Crippen molar-refractivity contribution in [2.75, 3.05) is 19.6 Å². The first kappa shape index (κ1) is 29.2. The highest BCUT2D eigenvalue weighted by Crippen LogP contribution is 2.24. The van der Waals surface area contributed by atoms with Crippen molar-refractivity contribution in [3.63, 3.8) is 0 Å². The molecule has 1 fully saturated rings. The van der Waals surface area contributed by atoms with Crippen LogP contribution in [0.2, 0.25) is 0 Å². The Labute approximate surface area is 217 Å². The van der Waals surface area contributed by atoms with E-state index >= 15 is 0 Å². The van der Waals surface area contributed by atoms with Gasteiger partial charge in [0.15, 0.2) is 5.58 Å². The number of carbonyl (C=O) groups excluding carboxylic acids is 2. The van der Waals surface area contributed by atoms with Crippen LogP contribution >= 0.6 is 0 Å². The van der Waals surface area contributed by atoms with Crippen LogP contribution in [-0.4, -0.2) is 47.2 Å². The summed E-state index contributed by atoms with van der Waals surface area (Å²) in [5.41, 5.74) is 4.52. The van der Waals surface area contributed by atoms with Gasteiger partial charge >= 0.3 is 11.8 Å². The number of piperidine rings is 1. The number of oxazole rings is 1.